The number of hydrogen-bond acceptors (Lipinski definition) is 1. The lowest BCUT2D eigenvalue weighted by Gasteiger charge is -2.36. The van der Waals surface area contributed by atoms with Crippen LogP contribution >= 0.6 is 0 Å². The molecule has 1 aliphatic carbocycles. The van der Waals surface area contributed by atoms with E-state index in [9.17, 15) is 13.9 Å². The number of benzene rings is 1. The molecule has 1 N–H and O–H groups in total. The maximum Gasteiger partial charge on any atom is 0.159 e. The molecule has 1 saturated carbocycles. The highest BCUT2D eigenvalue weighted by Gasteiger charge is 2.34. The van der Waals surface area contributed by atoms with Gasteiger partial charge in [-0.3, -0.25) is 0 Å². The molecule has 17 heavy (non-hydrogen) atoms. The summed E-state index contributed by atoms with van der Waals surface area (Å²) in [6, 6.07) is 3.71. The van der Waals surface area contributed by atoms with E-state index in [1.54, 1.807) is 0 Å². The van der Waals surface area contributed by atoms with Gasteiger partial charge in [-0.2, -0.15) is 0 Å². The molecule has 0 aliphatic heterocycles. The summed E-state index contributed by atoms with van der Waals surface area (Å²) in [5, 5.41) is 10.5. The fraction of sp³-hybridized carbons (Fsp3) is 0.571. The molecule has 1 aromatic carbocycles. The first kappa shape index (κ1) is 12.5. The van der Waals surface area contributed by atoms with Crippen LogP contribution < -0.4 is 0 Å². The van der Waals surface area contributed by atoms with E-state index in [4.69, 9.17) is 0 Å². The smallest absolute Gasteiger partial charge is 0.159 e. The topological polar surface area (TPSA) is 20.2 Å². The standard InChI is InChI=1S/C14H18F2O/c1-2-10-5-7-14(17,8-6-10)11-3-4-12(15)13(16)9-11/h3-4,9-10,17H,2,5-8H2,1H3/t10-,14+. The van der Waals surface area contributed by atoms with Crippen LogP contribution in [0.5, 0.6) is 0 Å². The average Bonchev–Trinajstić information content (AvgIpc) is 2.33. The lowest BCUT2D eigenvalue weighted by Crippen LogP contribution is -2.31. The third-order valence-corrected chi connectivity index (χ3v) is 3.97. The van der Waals surface area contributed by atoms with Crippen molar-refractivity contribution in [2.24, 2.45) is 5.92 Å². The van der Waals surface area contributed by atoms with Crippen molar-refractivity contribution in [3.8, 4) is 0 Å². The molecule has 0 aromatic heterocycles. The van der Waals surface area contributed by atoms with Gasteiger partial charge in [-0.05, 0) is 49.3 Å². The van der Waals surface area contributed by atoms with Crippen LogP contribution in [0.3, 0.4) is 0 Å². The molecule has 0 atom stereocenters. The molecule has 0 saturated heterocycles. The summed E-state index contributed by atoms with van der Waals surface area (Å²) in [6.45, 7) is 2.15. The van der Waals surface area contributed by atoms with Crippen LogP contribution in [0.2, 0.25) is 0 Å². The average molecular weight is 240 g/mol. The van der Waals surface area contributed by atoms with Gasteiger partial charge in [0.15, 0.2) is 11.6 Å². The van der Waals surface area contributed by atoms with Gasteiger partial charge < -0.3 is 5.11 Å². The predicted octanol–water partition coefficient (Wildman–Crippen LogP) is 3.75. The van der Waals surface area contributed by atoms with Crippen molar-refractivity contribution in [1.82, 2.24) is 0 Å². The third-order valence-electron chi connectivity index (χ3n) is 3.97. The molecule has 3 heteroatoms. The number of aliphatic hydroxyl groups is 1. The summed E-state index contributed by atoms with van der Waals surface area (Å²) in [6.07, 6.45) is 4.29. The van der Waals surface area contributed by atoms with Crippen molar-refractivity contribution < 1.29 is 13.9 Å². The highest BCUT2D eigenvalue weighted by Crippen LogP contribution is 2.40. The largest absolute Gasteiger partial charge is 0.385 e. The Balaban J connectivity index is 2.18. The summed E-state index contributed by atoms with van der Waals surface area (Å²) in [5.41, 5.74) is -0.467. The Hall–Kier alpha value is -0.960. The van der Waals surface area contributed by atoms with Crippen LogP contribution in [0.15, 0.2) is 18.2 Å². The fourth-order valence-corrected chi connectivity index (χ4v) is 2.64. The van der Waals surface area contributed by atoms with Crippen LogP contribution in [0.1, 0.15) is 44.6 Å². The summed E-state index contributed by atoms with van der Waals surface area (Å²) in [4.78, 5) is 0. The van der Waals surface area contributed by atoms with E-state index in [1.807, 2.05) is 0 Å². The van der Waals surface area contributed by atoms with E-state index < -0.39 is 17.2 Å². The summed E-state index contributed by atoms with van der Waals surface area (Å²) >= 11 is 0. The normalized spacial score (nSPS) is 29.3. The summed E-state index contributed by atoms with van der Waals surface area (Å²) in [5.74, 6) is -1.09. The first-order chi connectivity index (χ1) is 8.05. The van der Waals surface area contributed by atoms with Gasteiger partial charge in [0, 0.05) is 0 Å². The molecule has 0 heterocycles. The minimum Gasteiger partial charge on any atom is -0.385 e. The SMILES string of the molecule is CC[C@H]1CC[C@](O)(c2ccc(F)c(F)c2)CC1. The minimum atomic E-state index is -0.972. The number of hydrogen-bond donors (Lipinski definition) is 1. The Morgan fingerprint density at radius 3 is 2.41 bits per heavy atom. The first-order valence-corrected chi connectivity index (χ1v) is 6.23. The molecule has 1 aliphatic rings. The first-order valence-electron chi connectivity index (χ1n) is 6.23. The second-order valence-corrected chi connectivity index (χ2v) is 5.01. The van der Waals surface area contributed by atoms with Gasteiger partial charge >= 0.3 is 0 Å². The molecule has 0 bridgehead atoms. The molecule has 94 valence electrons. The highest BCUT2D eigenvalue weighted by molar-refractivity contribution is 5.24. The second kappa shape index (κ2) is 4.73. The lowest BCUT2D eigenvalue weighted by atomic mass is 9.74. The molecule has 1 fully saturated rings. The van der Waals surface area contributed by atoms with Crippen molar-refractivity contribution in [2.45, 2.75) is 44.6 Å². The van der Waals surface area contributed by atoms with Crippen molar-refractivity contribution >= 4 is 0 Å². The third kappa shape index (κ3) is 2.49. The van der Waals surface area contributed by atoms with Gasteiger partial charge in [0.25, 0.3) is 0 Å². The van der Waals surface area contributed by atoms with Gasteiger partial charge in [0.05, 0.1) is 5.60 Å². The molecule has 0 amide bonds. The lowest BCUT2D eigenvalue weighted by molar-refractivity contribution is -0.0148. The summed E-state index contributed by atoms with van der Waals surface area (Å²) < 4.78 is 26.0. The van der Waals surface area contributed by atoms with Crippen LogP contribution in [0, 0.1) is 17.6 Å². The molecular formula is C14H18F2O. The van der Waals surface area contributed by atoms with E-state index in [0.717, 1.165) is 31.4 Å². The van der Waals surface area contributed by atoms with Gasteiger partial charge in [-0.25, -0.2) is 8.78 Å². The Bertz CT molecular complexity index is 395. The zero-order valence-electron chi connectivity index (χ0n) is 10.0. The molecule has 1 nitrogen and oxygen atoms in total. The van der Waals surface area contributed by atoms with Crippen LogP contribution in [-0.4, -0.2) is 5.11 Å². The molecule has 0 radical (unpaired) electrons. The second-order valence-electron chi connectivity index (χ2n) is 5.01. The van der Waals surface area contributed by atoms with Crippen LogP contribution in [-0.2, 0) is 5.60 Å². The van der Waals surface area contributed by atoms with E-state index in [0.29, 0.717) is 24.3 Å². The van der Waals surface area contributed by atoms with Gasteiger partial charge in [-0.15, -0.1) is 0 Å². The monoisotopic (exact) mass is 240 g/mol. The van der Waals surface area contributed by atoms with Crippen LogP contribution in [0.4, 0.5) is 8.78 Å². The Morgan fingerprint density at radius 1 is 1.24 bits per heavy atom. The van der Waals surface area contributed by atoms with Crippen molar-refractivity contribution in [2.75, 3.05) is 0 Å². The molecule has 0 spiro atoms. The van der Waals surface area contributed by atoms with Crippen molar-refractivity contribution in [1.29, 1.82) is 0 Å². The van der Waals surface area contributed by atoms with E-state index in [-0.39, 0.29) is 0 Å². The molecular weight excluding hydrogens is 222 g/mol. The predicted molar refractivity (Wildman–Crippen MR) is 62.5 cm³/mol. The highest BCUT2D eigenvalue weighted by atomic mass is 19.2. The van der Waals surface area contributed by atoms with Gasteiger partial charge in [0.2, 0.25) is 0 Å². The number of rotatable bonds is 2. The quantitative estimate of drug-likeness (QED) is 0.834. The van der Waals surface area contributed by atoms with E-state index in [1.165, 1.54) is 6.07 Å². The fourth-order valence-electron chi connectivity index (χ4n) is 2.64. The Labute approximate surface area is 100 Å². The molecule has 1 aromatic rings. The van der Waals surface area contributed by atoms with Gasteiger partial charge in [0.1, 0.15) is 0 Å². The van der Waals surface area contributed by atoms with E-state index >= 15 is 0 Å². The minimum absolute atomic E-state index is 0.506. The zero-order valence-corrected chi connectivity index (χ0v) is 10.0. The van der Waals surface area contributed by atoms with Gasteiger partial charge in [-0.1, -0.05) is 19.4 Å². The maximum atomic E-state index is 13.2. The van der Waals surface area contributed by atoms with Crippen LogP contribution in [0.25, 0.3) is 0 Å². The Kier molecular flexibility index (Phi) is 3.48. The Morgan fingerprint density at radius 2 is 1.88 bits per heavy atom. The number of halogens is 2. The van der Waals surface area contributed by atoms with E-state index in [2.05, 4.69) is 6.92 Å². The molecule has 0 unspecified atom stereocenters. The zero-order chi connectivity index (χ0) is 12.5. The molecule has 2 rings (SSSR count). The summed E-state index contributed by atoms with van der Waals surface area (Å²) in [7, 11) is 0. The maximum absolute atomic E-state index is 13.2. The van der Waals surface area contributed by atoms with Crippen molar-refractivity contribution in [3.05, 3.63) is 35.4 Å². The van der Waals surface area contributed by atoms with Crippen molar-refractivity contribution in [3.63, 3.8) is 0 Å².